The fourth-order valence-electron chi connectivity index (χ4n) is 3.48. The number of fused-ring (bicyclic) bond motifs is 1. The molecular weight excluding hydrogens is 412 g/mol. The largest absolute Gasteiger partial charge is 0.493 e. The molecule has 0 amide bonds. The third-order valence-electron chi connectivity index (χ3n) is 5.03. The van der Waals surface area contributed by atoms with E-state index < -0.39 is 0 Å². The van der Waals surface area contributed by atoms with Gasteiger partial charge in [0, 0.05) is 6.54 Å². The predicted octanol–water partition coefficient (Wildman–Crippen LogP) is 6.14. The van der Waals surface area contributed by atoms with Crippen LogP contribution in [0.3, 0.4) is 0 Å². The number of rotatable bonds is 10. The molecule has 0 saturated carbocycles. The number of hydrogen-bond acceptors (Lipinski definition) is 4. The first-order chi connectivity index (χ1) is 15.3. The van der Waals surface area contributed by atoms with Crippen LogP contribution in [-0.2, 0) is 13.2 Å². The monoisotopic (exact) mass is 436 g/mol. The zero-order valence-corrected chi connectivity index (χ0v) is 18.2. The van der Waals surface area contributed by atoms with E-state index in [4.69, 9.17) is 30.8 Å². The van der Waals surface area contributed by atoms with Crippen molar-refractivity contribution in [2.75, 3.05) is 13.7 Å². The SMILES string of the molecule is COc1ccccc1OCc1nc2ccccc2n1CCCCOc1ccccc1Cl. The molecule has 1 aromatic heterocycles. The summed E-state index contributed by atoms with van der Waals surface area (Å²) in [5.41, 5.74) is 2.07. The van der Waals surface area contributed by atoms with Gasteiger partial charge in [-0.25, -0.2) is 4.98 Å². The van der Waals surface area contributed by atoms with Crippen molar-refractivity contribution in [1.29, 1.82) is 0 Å². The number of aromatic nitrogens is 2. The molecule has 0 spiro atoms. The molecule has 31 heavy (non-hydrogen) atoms. The lowest BCUT2D eigenvalue weighted by molar-refractivity contribution is 0.270. The maximum atomic E-state index is 6.15. The molecule has 0 radical (unpaired) electrons. The van der Waals surface area contributed by atoms with Crippen LogP contribution in [0.15, 0.2) is 72.8 Å². The van der Waals surface area contributed by atoms with Crippen LogP contribution in [0.2, 0.25) is 5.02 Å². The van der Waals surface area contributed by atoms with Gasteiger partial charge in [0.2, 0.25) is 0 Å². The van der Waals surface area contributed by atoms with Crippen molar-refractivity contribution in [3.8, 4) is 17.2 Å². The highest BCUT2D eigenvalue weighted by Gasteiger charge is 2.12. The van der Waals surface area contributed by atoms with Gasteiger partial charge in [0.1, 0.15) is 18.2 Å². The van der Waals surface area contributed by atoms with Crippen molar-refractivity contribution < 1.29 is 14.2 Å². The van der Waals surface area contributed by atoms with E-state index in [1.807, 2.05) is 66.7 Å². The highest BCUT2D eigenvalue weighted by atomic mass is 35.5. The van der Waals surface area contributed by atoms with Crippen molar-refractivity contribution >= 4 is 22.6 Å². The van der Waals surface area contributed by atoms with E-state index in [0.717, 1.165) is 42.0 Å². The number of benzene rings is 3. The number of para-hydroxylation sites is 5. The fourth-order valence-corrected chi connectivity index (χ4v) is 3.67. The highest BCUT2D eigenvalue weighted by molar-refractivity contribution is 6.32. The van der Waals surface area contributed by atoms with Crippen LogP contribution in [0.5, 0.6) is 17.2 Å². The molecule has 160 valence electrons. The van der Waals surface area contributed by atoms with Gasteiger partial charge in [-0.1, -0.05) is 48.0 Å². The quantitative estimate of drug-likeness (QED) is 0.280. The van der Waals surface area contributed by atoms with Crippen molar-refractivity contribution in [2.45, 2.75) is 26.0 Å². The average Bonchev–Trinajstić information content (AvgIpc) is 3.16. The molecule has 0 N–H and O–H groups in total. The third-order valence-corrected chi connectivity index (χ3v) is 5.34. The molecule has 0 aliphatic heterocycles. The summed E-state index contributed by atoms with van der Waals surface area (Å²) in [7, 11) is 1.64. The van der Waals surface area contributed by atoms with Gasteiger partial charge in [0.15, 0.2) is 11.5 Å². The predicted molar refractivity (Wildman–Crippen MR) is 123 cm³/mol. The summed E-state index contributed by atoms with van der Waals surface area (Å²) in [5, 5.41) is 0.638. The number of hydrogen-bond donors (Lipinski definition) is 0. The van der Waals surface area contributed by atoms with Gasteiger partial charge in [-0.05, 0) is 49.2 Å². The molecule has 6 heteroatoms. The summed E-state index contributed by atoms with van der Waals surface area (Å²) in [5.74, 6) is 3.03. The van der Waals surface area contributed by atoms with Crippen molar-refractivity contribution in [3.63, 3.8) is 0 Å². The Morgan fingerprint density at radius 1 is 0.806 bits per heavy atom. The van der Waals surface area contributed by atoms with Crippen LogP contribution in [0.1, 0.15) is 18.7 Å². The van der Waals surface area contributed by atoms with Gasteiger partial charge in [-0.3, -0.25) is 0 Å². The number of aryl methyl sites for hydroxylation is 1. The van der Waals surface area contributed by atoms with Crippen LogP contribution < -0.4 is 14.2 Å². The standard InChI is InChI=1S/C25H25ClN2O3/c1-29-23-14-6-7-15-24(23)31-18-25-27-20-11-3-4-12-21(20)28(25)16-8-9-17-30-22-13-5-2-10-19(22)26/h2-7,10-15H,8-9,16-18H2,1H3. The van der Waals surface area contributed by atoms with E-state index in [2.05, 4.69) is 10.6 Å². The Labute approximate surface area is 187 Å². The summed E-state index contributed by atoms with van der Waals surface area (Å²) in [6.07, 6.45) is 1.86. The van der Waals surface area contributed by atoms with Crippen LogP contribution in [0, 0.1) is 0 Å². The summed E-state index contributed by atoms with van der Waals surface area (Å²) < 4.78 is 19.5. The lowest BCUT2D eigenvalue weighted by Crippen LogP contribution is -2.09. The Kier molecular flexibility index (Phi) is 6.95. The first kappa shape index (κ1) is 21.1. The van der Waals surface area contributed by atoms with Crippen molar-refractivity contribution in [3.05, 3.63) is 83.6 Å². The lowest BCUT2D eigenvalue weighted by atomic mass is 10.3. The summed E-state index contributed by atoms with van der Waals surface area (Å²) in [4.78, 5) is 4.79. The second-order valence-electron chi connectivity index (χ2n) is 7.09. The zero-order valence-electron chi connectivity index (χ0n) is 17.5. The second kappa shape index (κ2) is 10.2. The number of nitrogens with zero attached hydrogens (tertiary/aromatic N) is 2. The molecule has 0 atom stereocenters. The molecule has 0 bridgehead atoms. The third kappa shape index (κ3) is 5.12. The molecule has 4 rings (SSSR count). The van der Waals surface area contributed by atoms with Crippen LogP contribution in [-0.4, -0.2) is 23.3 Å². The Hall–Kier alpha value is -3.18. The molecule has 0 aliphatic carbocycles. The van der Waals surface area contributed by atoms with Crippen molar-refractivity contribution in [2.24, 2.45) is 0 Å². The first-order valence-corrected chi connectivity index (χ1v) is 10.7. The molecule has 0 aliphatic rings. The normalized spacial score (nSPS) is 10.9. The van der Waals surface area contributed by atoms with Crippen LogP contribution in [0.25, 0.3) is 11.0 Å². The lowest BCUT2D eigenvalue weighted by Gasteiger charge is -2.13. The van der Waals surface area contributed by atoms with Gasteiger partial charge in [0.25, 0.3) is 0 Å². The maximum absolute atomic E-state index is 6.15. The summed E-state index contributed by atoms with van der Waals surface area (Å²) >= 11 is 6.15. The second-order valence-corrected chi connectivity index (χ2v) is 7.50. The number of methoxy groups -OCH3 is 1. The molecule has 5 nitrogen and oxygen atoms in total. The van der Waals surface area contributed by atoms with Gasteiger partial charge in [0.05, 0.1) is 29.8 Å². The van der Waals surface area contributed by atoms with Gasteiger partial charge < -0.3 is 18.8 Å². The molecule has 1 heterocycles. The Balaban J connectivity index is 1.41. The van der Waals surface area contributed by atoms with Crippen LogP contribution in [0.4, 0.5) is 0 Å². The van der Waals surface area contributed by atoms with Gasteiger partial charge in [-0.2, -0.15) is 0 Å². The highest BCUT2D eigenvalue weighted by Crippen LogP contribution is 2.27. The number of halogens is 1. The van der Waals surface area contributed by atoms with Gasteiger partial charge >= 0.3 is 0 Å². The fraction of sp³-hybridized carbons (Fsp3) is 0.240. The average molecular weight is 437 g/mol. The van der Waals surface area contributed by atoms with E-state index in [1.54, 1.807) is 7.11 Å². The van der Waals surface area contributed by atoms with Gasteiger partial charge in [-0.15, -0.1) is 0 Å². The molecule has 0 fully saturated rings. The summed E-state index contributed by atoms with van der Waals surface area (Å²) in [6.45, 7) is 1.81. The van der Waals surface area contributed by atoms with E-state index in [9.17, 15) is 0 Å². The number of ether oxygens (including phenoxy) is 3. The number of unbranched alkanes of at least 4 members (excludes halogenated alkanes) is 1. The zero-order chi connectivity index (χ0) is 21.5. The van der Waals surface area contributed by atoms with Crippen LogP contribution >= 0.6 is 11.6 Å². The Bertz CT molecular complexity index is 1140. The topological polar surface area (TPSA) is 45.5 Å². The minimum atomic E-state index is 0.366. The molecular formula is C25H25ClN2O3. The first-order valence-electron chi connectivity index (χ1n) is 10.3. The summed E-state index contributed by atoms with van der Waals surface area (Å²) in [6, 6.07) is 23.3. The van der Waals surface area contributed by atoms with Crippen molar-refractivity contribution in [1.82, 2.24) is 9.55 Å². The molecule has 0 unspecified atom stereocenters. The minimum absolute atomic E-state index is 0.366. The molecule has 4 aromatic rings. The number of imidazole rings is 1. The maximum Gasteiger partial charge on any atom is 0.161 e. The minimum Gasteiger partial charge on any atom is -0.493 e. The van der Waals surface area contributed by atoms with E-state index in [-0.39, 0.29) is 0 Å². The van der Waals surface area contributed by atoms with E-state index in [0.29, 0.717) is 29.7 Å². The smallest absolute Gasteiger partial charge is 0.161 e. The van der Waals surface area contributed by atoms with E-state index >= 15 is 0 Å². The molecule has 3 aromatic carbocycles. The molecule has 0 saturated heterocycles. The Morgan fingerprint density at radius 2 is 1.52 bits per heavy atom. The van der Waals surface area contributed by atoms with E-state index in [1.165, 1.54) is 0 Å². The Morgan fingerprint density at radius 3 is 2.32 bits per heavy atom.